The van der Waals surface area contributed by atoms with Gasteiger partial charge in [-0.25, -0.2) is 4.98 Å². The van der Waals surface area contributed by atoms with Crippen molar-refractivity contribution in [2.75, 3.05) is 11.5 Å². The summed E-state index contributed by atoms with van der Waals surface area (Å²) in [6, 6.07) is 28.4. The van der Waals surface area contributed by atoms with Gasteiger partial charge in [-0.05, 0) is 84.9 Å². The molecule has 0 saturated heterocycles. The van der Waals surface area contributed by atoms with Gasteiger partial charge in [0.15, 0.2) is 0 Å². The molecule has 0 unspecified atom stereocenters. The Hall–Kier alpha value is -5.39. The van der Waals surface area contributed by atoms with E-state index in [9.17, 15) is 0 Å². The lowest BCUT2D eigenvalue weighted by molar-refractivity contribution is 1.21. The van der Waals surface area contributed by atoms with E-state index in [1.54, 1.807) is 12.4 Å². The SMILES string of the molecule is Nc1ccc(C#Cc2ccnc(-c3cccc(-c4cc(C#Cc5ccc(N)cc5)ccn4)n3)c2)cc1. The van der Waals surface area contributed by atoms with Gasteiger partial charge >= 0.3 is 0 Å². The number of nitrogen functional groups attached to an aromatic ring is 2. The predicted molar refractivity (Wildman–Crippen MR) is 144 cm³/mol. The maximum Gasteiger partial charge on any atom is 0.0898 e. The van der Waals surface area contributed by atoms with Crippen LogP contribution in [0, 0.1) is 23.7 Å². The molecule has 0 spiro atoms. The van der Waals surface area contributed by atoms with Gasteiger partial charge < -0.3 is 11.5 Å². The van der Waals surface area contributed by atoms with Crippen LogP contribution in [-0.2, 0) is 0 Å². The molecule has 0 aliphatic carbocycles. The first-order valence-corrected chi connectivity index (χ1v) is 11.3. The Morgan fingerprint density at radius 1 is 0.444 bits per heavy atom. The fourth-order valence-electron chi connectivity index (χ4n) is 3.44. The summed E-state index contributed by atoms with van der Waals surface area (Å²) in [4.78, 5) is 13.8. The van der Waals surface area contributed by atoms with E-state index >= 15 is 0 Å². The molecule has 2 aromatic carbocycles. The van der Waals surface area contributed by atoms with Gasteiger partial charge in [-0.15, -0.1) is 0 Å². The second-order valence-electron chi connectivity index (χ2n) is 8.01. The smallest absolute Gasteiger partial charge is 0.0898 e. The van der Waals surface area contributed by atoms with Crippen LogP contribution in [0.25, 0.3) is 22.8 Å². The van der Waals surface area contributed by atoms with E-state index in [1.807, 2.05) is 91.0 Å². The maximum atomic E-state index is 5.75. The average Bonchev–Trinajstić information content (AvgIpc) is 2.93. The number of benzene rings is 2. The van der Waals surface area contributed by atoms with Crippen LogP contribution < -0.4 is 11.5 Å². The van der Waals surface area contributed by atoms with Crippen molar-refractivity contribution < 1.29 is 0 Å². The van der Waals surface area contributed by atoms with Gasteiger partial charge in [0.2, 0.25) is 0 Å². The molecule has 3 heterocycles. The third kappa shape index (κ3) is 5.56. The van der Waals surface area contributed by atoms with Crippen molar-refractivity contribution in [2.45, 2.75) is 0 Å². The lowest BCUT2D eigenvalue weighted by Crippen LogP contribution is -1.93. The number of aromatic nitrogens is 3. The molecule has 0 fully saturated rings. The van der Waals surface area contributed by atoms with E-state index in [-0.39, 0.29) is 0 Å². The zero-order valence-electron chi connectivity index (χ0n) is 19.3. The van der Waals surface area contributed by atoms with Crippen LogP contribution in [0.15, 0.2) is 103 Å². The molecule has 36 heavy (non-hydrogen) atoms. The minimum absolute atomic E-state index is 0.714. The van der Waals surface area contributed by atoms with E-state index in [0.29, 0.717) is 11.4 Å². The van der Waals surface area contributed by atoms with E-state index < -0.39 is 0 Å². The molecule has 3 aromatic heterocycles. The predicted octanol–water partition coefficient (Wildman–Crippen LogP) is 5.17. The summed E-state index contributed by atoms with van der Waals surface area (Å²) >= 11 is 0. The highest BCUT2D eigenvalue weighted by Crippen LogP contribution is 2.21. The van der Waals surface area contributed by atoms with Crippen molar-refractivity contribution in [2.24, 2.45) is 0 Å². The number of hydrogen-bond acceptors (Lipinski definition) is 5. The lowest BCUT2D eigenvalue weighted by atomic mass is 10.1. The number of hydrogen-bond donors (Lipinski definition) is 2. The second kappa shape index (κ2) is 10.3. The van der Waals surface area contributed by atoms with Gasteiger partial charge in [0.25, 0.3) is 0 Å². The molecule has 5 rings (SSSR count). The third-order valence-corrected chi connectivity index (χ3v) is 5.32. The Morgan fingerprint density at radius 2 is 0.861 bits per heavy atom. The van der Waals surface area contributed by atoms with Gasteiger partial charge in [0.05, 0.1) is 22.8 Å². The van der Waals surface area contributed by atoms with Crippen molar-refractivity contribution in [3.63, 3.8) is 0 Å². The Morgan fingerprint density at radius 3 is 1.31 bits per heavy atom. The normalized spacial score (nSPS) is 10.0. The van der Waals surface area contributed by atoms with Gasteiger partial charge in [-0.1, -0.05) is 29.7 Å². The highest BCUT2D eigenvalue weighted by atomic mass is 14.8. The molecule has 170 valence electrons. The monoisotopic (exact) mass is 463 g/mol. The van der Waals surface area contributed by atoms with E-state index in [1.165, 1.54) is 0 Å². The zero-order valence-corrected chi connectivity index (χ0v) is 19.3. The summed E-state index contributed by atoms with van der Waals surface area (Å²) in [7, 11) is 0. The van der Waals surface area contributed by atoms with Crippen molar-refractivity contribution in [3.05, 3.63) is 126 Å². The molecule has 0 radical (unpaired) electrons. The first-order valence-electron chi connectivity index (χ1n) is 11.3. The fourth-order valence-corrected chi connectivity index (χ4v) is 3.44. The average molecular weight is 464 g/mol. The van der Waals surface area contributed by atoms with Gasteiger partial charge in [0, 0.05) is 46.0 Å². The van der Waals surface area contributed by atoms with Crippen LogP contribution in [0.2, 0.25) is 0 Å². The largest absolute Gasteiger partial charge is 0.399 e. The van der Waals surface area contributed by atoms with Crippen molar-refractivity contribution in [1.82, 2.24) is 15.0 Å². The number of pyridine rings is 3. The molecular weight excluding hydrogens is 442 g/mol. The summed E-state index contributed by atoms with van der Waals surface area (Å²) in [5.74, 6) is 12.7. The quantitative estimate of drug-likeness (QED) is 0.278. The molecule has 0 aliphatic rings. The van der Waals surface area contributed by atoms with Gasteiger partial charge in [-0.2, -0.15) is 0 Å². The molecular formula is C31H21N5. The van der Waals surface area contributed by atoms with E-state index in [2.05, 4.69) is 33.6 Å². The van der Waals surface area contributed by atoms with Crippen LogP contribution in [0.1, 0.15) is 22.3 Å². The molecule has 5 nitrogen and oxygen atoms in total. The molecule has 0 saturated carbocycles. The van der Waals surface area contributed by atoms with Gasteiger partial charge in [0.1, 0.15) is 0 Å². The van der Waals surface area contributed by atoms with E-state index in [4.69, 9.17) is 16.5 Å². The highest BCUT2D eigenvalue weighted by molar-refractivity contribution is 5.64. The third-order valence-electron chi connectivity index (χ3n) is 5.32. The molecule has 4 N–H and O–H groups in total. The Labute approximate surface area is 209 Å². The summed E-state index contributed by atoms with van der Waals surface area (Å²) in [5.41, 5.74) is 19.4. The first kappa shape index (κ1) is 22.4. The maximum absolute atomic E-state index is 5.75. The highest BCUT2D eigenvalue weighted by Gasteiger charge is 2.07. The Bertz CT molecular complexity index is 1530. The van der Waals surface area contributed by atoms with Crippen LogP contribution in [0.5, 0.6) is 0 Å². The number of rotatable bonds is 2. The summed E-state index contributed by atoms with van der Waals surface area (Å²) in [5, 5.41) is 0. The van der Waals surface area contributed by atoms with Crippen molar-refractivity contribution in [3.8, 4) is 46.5 Å². The summed E-state index contributed by atoms with van der Waals surface area (Å²) in [6.07, 6.45) is 3.48. The molecule has 5 aromatic rings. The summed E-state index contributed by atoms with van der Waals surface area (Å²) < 4.78 is 0. The second-order valence-corrected chi connectivity index (χ2v) is 8.01. The minimum atomic E-state index is 0.714. The zero-order chi connectivity index (χ0) is 24.7. The standard InChI is InChI=1S/C31H21N5/c32-26-12-8-22(9-13-26)4-6-24-16-18-34-30(20-24)28-2-1-3-29(36-28)31-21-25(17-19-35-31)7-5-23-10-14-27(33)15-11-23/h1-3,8-21H,32-33H2. The number of nitrogens with two attached hydrogens (primary N) is 2. The Balaban J connectivity index is 1.40. The molecule has 0 aliphatic heterocycles. The first-order chi connectivity index (χ1) is 17.6. The van der Waals surface area contributed by atoms with Crippen LogP contribution in [-0.4, -0.2) is 15.0 Å². The topological polar surface area (TPSA) is 90.7 Å². The van der Waals surface area contributed by atoms with Crippen molar-refractivity contribution >= 4 is 11.4 Å². The molecule has 0 atom stereocenters. The number of anilines is 2. The minimum Gasteiger partial charge on any atom is -0.399 e. The molecule has 5 heteroatoms. The van der Waals surface area contributed by atoms with Crippen LogP contribution >= 0.6 is 0 Å². The van der Waals surface area contributed by atoms with Gasteiger partial charge in [-0.3, -0.25) is 9.97 Å². The number of nitrogens with zero attached hydrogens (tertiary/aromatic N) is 3. The molecule has 0 bridgehead atoms. The van der Waals surface area contributed by atoms with E-state index in [0.717, 1.165) is 45.0 Å². The van der Waals surface area contributed by atoms with Crippen molar-refractivity contribution in [1.29, 1.82) is 0 Å². The lowest BCUT2D eigenvalue weighted by Gasteiger charge is -2.05. The van der Waals surface area contributed by atoms with Crippen LogP contribution in [0.4, 0.5) is 11.4 Å². The van der Waals surface area contributed by atoms with Crippen LogP contribution in [0.3, 0.4) is 0 Å². The molecule has 0 amide bonds. The fraction of sp³-hybridized carbons (Fsp3) is 0. The Kier molecular flexibility index (Phi) is 6.38. The summed E-state index contributed by atoms with van der Waals surface area (Å²) in [6.45, 7) is 0.